The number of nitrogens with zero attached hydrogens (tertiary/aromatic N) is 3. The fourth-order valence-electron chi connectivity index (χ4n) is 2.10. The first kappa shape index (κ1) is 14.1. The van der Waals surface area contributed by atoms with Crippen LogP contribution in [0.4, 0.5) is 0 Å². The summed E-state index contributed by atoms with van der Waals surface area (Å²) in [6.07, 6.45) is 6.03. The van der Waals surface area contributed by atoms with Crippen LogP contribution in [0.5, 0.6) is 0 Å². The van der Waals surface area contributed by atoms with E-state index in [0.29, 0.717) is 18.1 Å². The Morgan fingerprint density at radius 2 is 2.32 bits per heavy atom. The molecule has 0 aromatic carbocycles. The van der Waals surface area contributed by atoms with Gasteiger partial charge in [-0.1, -0.05) is 5.16 Å². The van der Waals surface area contributed by atoms with Gasteiger partial charge in [-0.05, 0) is 25.5 Å². The number of rotatable bonds is 6. The summed E-state index contributed by atoms with van der Waals surface area (Å²) in [6, 6.07) is 5.06. The van der Waals surface area contributed by atoms with Crippen molar-refractivity contribution in [3.63, 3.8) is 0 Å². The summed E-state index contributed by atoms with van der Waals surface area (Å²) in [7, 11) is 0. The van der Waals surface area contributed by atoms with E-state index in [0.717, 1.165) is 18.8 Å². The number of aryl methyl sites for hydroxylation is 2. The van der Waals surface area contributed by atoms with Crippen LogP contribution in [0.1, 0.15) is 22.7 Å². The zero-order valence-corrected chi connectivity index (χ0v) is 12.2. The molecule has 0 bridgehead atoms. The molecule has 0 atom stereocenters. The fourth-order valence-corrected chi connectivity index (χ4v) is 2.10. The summed E-state index contributed by atoms with van der Waals surface area (Å²) in [5, 5.41) is 6.57. The van der Waals surface area contributed by atoms with Gasteiger partial charge in [0.05, 0.1) is 6.26 Å². The zero-order valence-electron chi connectivity index (χ0n) is 12.2. The number of aromatic nitrogens is 3. The van der Waals surface area contributed by atoms with Gasteiger partial charge in [0.2, 0.25) is 5.76 Å². The normalized spacial score (nSPS) is 10.8. The van der Waals surface area contributed by atoms with Crippen LogP contribution in [0, 0.1) is 6.92 Å². The van der Waals surface area contributed by atoms with Crippen molar-refractivity contribution in [3.05, 3.63) is 48.4 Å². The largest absolute Gasteiger partial charge is 0.461 e. The Balaban J connectivity index is 1.49. The molecule has 0 aliphatic heterocycles. The average Bonchev–Trinajstić information content (AvgIpc) is 3.24. The molecule has 0 saturated carbocycles. The highest BCUT2D eigenvalue weighted by Gasteiger charge is 2.14. The van der Waals surface area contributed by atoms with Crippen LogP contribution in [0.2, 0.25) is 0 Å². The van der Waals surface area contributed by atoms with Crippen molar-refractivity contribution in [2.75, 3.05) is 6.54 Å². The van der Waals surface area contributed by atoms with E-state index in [4.69, 9.17) is 8.94 Å². The molecular formula is C15H16N4O3. The van der Waals surface area contributed by atoms with Gasteiger partial charge in [-0.2, -0.15) is 0 Å². The van der Waals surface area contributed by atoms with Crippen LogP contribution in [-0.4, -0.2) is 27.2 Å². The van der Waals surface area contributed by atoms with E-state index in [1.165, 1.54) is 6.26 Å². The van der Waals surface area contributed by atoms with Gasteiger partial charge in [-0.15, -0.1) is 0 Å². The minimum absolute atomic E-state index is 0.241. The lowest BCUT2D eigenvalue weighted by Crippen LogP contribution is -2.25. The van der Waals surface area contributed by atoms with Crippen molar-refractivity contribution in [1.29, 1.82) is 0 Å². The quantitative estimate of drug-likeness (QED) is 0.706. The summed E-state index contributed by atoms with van der Waals surface area (Å²) >= 11 is 0. The van der Waals surface area contributed by atoms with Gasteiger partial charge in [0, 0.05) is 31.5 Å². The van der Waals surface area contributed by atoms with Gasteiger partial charge in [-0.3, -0.25) is 4.79 Å². The van der Waals surface area contributed by atoms with Gasteiger partial charge >= 0.3 is 0 Å². The molecule has 1 N–H and O–H groups in total. The topological polar surface area (TPSA) is 86.1 Å². The number of furan rings is 1. The van der Waals surface area contributed by atoms with Crippen molar-refractivity contribution in [3.8, 4) is 11.5 Å². The second-order valence-corrected chi connectivity index (χ2v) is 4.83. The first-order chi connectivity index (χ1) is 10.7. The summed E-state index contributed by atoms with van der Waals surface area (Å²) < 4.78 is 12.3. The molecule has 0 radical (unpaired) electrons. The minimum Gasteiger partial charge on any atom is -0.461 e. The first-order valence-electron chi connectivity index (χ1n) is 7.00. The Morgan fingerprint density at radius 1 is 1.41 bits per heavy atom. The van der Waals surface area contributed by atoms with Crippen LogP contribution in [0.3, 0.4) is 0 Å². The van der Waals surface area contributed by atoms with Gasteiger partial charge < -0.3 is 18.8 Å². The number of amides is 1. The summed E-state index contributed by atoms with van der Waals surface area (Å²) in [5.74, 6) is 1.68. The van der Waals surface area contributed by atoms with Crippen LogP contribution in [0.25, 0.3) is 11.5 Å². The smallest absolute Gasteiger partial charge is 0.273 e. The number of hydrogen-bond donors (Lipinski definition) is 1. The van der Waals surface area contributed by atoms with Crippen molar-refractivity contribution >= 4 is 5.91 Å². The number of carbonyl (C=O) groups is 1. The zero-order chi connectivity index (χ0) is 15.4. The molecule has 3 rings (SSSR count). The van der Waals surface area contributed by atoms with Crippen LogP contribution < -0.4 is 5.32 Å². The van der Waals surface area contributed by atoms with E-state index >= 15 is 0 Å². The second-order valence-electron chi connectivity index (χ2n) is 4.83. The van der Waals surface area contributed by atoms with Crippen molar-refractivity contribution in [1.82, 2.24) is 20.0 Å². The van der Waals surface area contributed by atoms with E-state index in [1.54, 1.807) is 24.4 Å². The van der Waals surface area contributed by atoms with Crippen molar-refractivity contribution in [2.45, 2.75) is 19.9 Å². The molecule has 0 aliphatic rings. The van der Waals surface area contributed by atoms with Crippen molar-refractivity contribution in [2.24, 2.45) is 0 Å². The lowest BCUT2D eigenvalue weighted by atomic mass is 10.3. The molecule has 0 spiro atoms. The molecule has 114 valence electrons. The predicted octanol–water partition coefficient (Wildman–Crippen LogP) is 2.26. The van der Waals surface area contributed by atoms with E-state index in [-0.39, 0.29) is 11.6 Å². The Bertz CT molecular complexity index is 743. The molecule has 7 heteroatoms. The van der Waals surface area contributed by atoms with Gasteiger partial charge in [0.1, 0.15) is 5.82 Å². The van der Waals surface area contributed by atoms with Gasteiger partial charge in [0.25, 0.3) is 5.91 Å². The summed E-state index contributed by atoms with van der Waals surface area (Å²) in [6.45, 7) is 3.31. The first-order valence-corrected chi connectivity index (χ1v) is 7.00. The molecule has 22 heavy (non-hydrogen) atoms. The molecule has 3 aromatic heterocycles. The third-order valence-electron chi connectivity index (χ3n) is 3.29. The molecule has 0 saturated heterocycles. The number of nitrogens with one attached hydrogen (secondary N) is 1. The molecule has 3 aromatic rings. The average molecular weight is 300 g/mol. The monoisotopic (exact) mass is 300 g/mol. The van der Waals surface area contributed by atoms with Gasteiger partial charge in [-0.25, -0.2) is 4.98 Å². The number of carbonyl (C=O) groups excluding carboxylic acids is 1. The van der Waals surface area contributed by atoms with Gasteiger partial charge in [0.15, 0.2) is 11.5 Å². The van der Waals surface area contributed by atoms with E-state index in [1.807, 2.05) is 17.7 Å². The Kier molecular flexibility index (Phi) is 4.04. The van der Waals surface area contributed by atoms with Crippen LogP contribution in [0.15, 0.2) is 45.8 Å². The molecule has 1 amide bonds. The Morgan fingerprint density at radius 3 is 3.05 bits per heavy atom. The highest BCUT2D eigenvalue weighted by atomic mass is 16.5. The third kappa shape index (κ3) is 3.08. The maximum absolute atomic E-state index is 12.0. The van der Waals surface area contributed by atoms with Crippen LogP contribution in [-0.2, 0) is 6.54 Å². The Hall–Kier alpha value is -2.83. The molecule has 0 aliphatic carbocycles. The standard InChI is InChI=1S/C15H16N4O3/c1-11-16-6-8-19(11)7-3-5-17-15(20)12-10-14(22-18-12)13-4-2-9-21-13/h2,4,6,8-10H,3,5,7H2,1H3,(H,17,20). The SMILES string of the molecule is Cc1nccn1CCCNC(=O)c1cc(-c2ccco2)on1. The van der Waals surface area contributed by atoms with E-state index in [2.05, 4.69) is 15.5 Å². The Labute approximate surface area is 126 Å². The molecule has 7 nitrogen and oxygen atoms in total. The maximum Gasteiger partial charge on any atom is 0.273 e. The highest BCUT2D eigenvalue weighted by Crippen LogP contribution is 2.20. The highest BCUT2D eigenvalue weighted by molar-refractivity contribution is 5.92. The fraction of sp³-hybridized carbons (Fsp3) is 0.267. The third-order valence-corrected chi connectivity index (χ3v) is 3.29. The van der Waals surface area contributed by atoms with Crippen molar-refractivity contribution < 1.29 is 13.7 Å². The molecular weight excluding hydrogens is 284 g/mol. The van der Waals surface area contributed by atoms with E-state index in [9.17, 15) is 4.79 Å². The predicted molar refractivity (Wildman–Crippen MR) is 78.1 cm³/mol. The van der Waals surface area contributed by atoms with E-state index < -0.39 is 0 Å². The number of hydrogen-bond acceptors (Lipinski definition) is 5. The minimum atomic E-state index is -0.260. The lowest BCUT2D eigenvalue weighted by Gasteiger charge is -2.05. The maximum atomic E-state index is 12.0. The molecule has 0 fully saturated rings. The summed E-state index contributed by atoms with van der Waals surface area (Å²) in [4.78, 5) is 16.1. The molecule has 3 heterocycles. The number of imidazole rings is 1. The lowest BCUT2D eigenvalue weighted by molar-refractivity contribution is 0.0943. The second kappa shape index (κ2) is 6.30. The summed E-state index contributed by atoms with van der Waals surface area (Å²) in [5.41, 5.74) is 0.241. The van der Waals surface area contributed by atoms with Crippen LogP contribution >= 0.6 is 0 Å². The molecule has 0 unspecified atom stereocenters.